The minimum atomic E-state index is -0.224. The van der Waals surface area contributed by atoms with Gasteiger partial charge in [-0.15, -0.1) is 22.7 Å². The molecule has 0 aromatic carbocycles. The lowest BCUT2D eigenvalue weighted by Crippen LogP contribution is -2.52. The second-order valence-electron chi connectivity index (χ2n) is 5.74. The fourth-order valence-corrected chi connectivity index (χ4v) is 4.10. The lowest BCUT2D eigenvalue weighted by molar-refractivity contribution is -0.131. The van der Waals surface area contributed by atoms with Crippen LogP contribution in [0, 0.1) is 6.92 Å². The Bertz CT molecular complexity index is 762. The SMILES string of the molecule is Cc1ccc(C(=O)NCC(=O)N2CCN(C(=O)c3cccs3)CC2)s1. The van der Waals surface area contributed by atoms with Crippen molar-refractivity contribution in [2.45, 2.75) is 6.92 Å². The molecule has 25 heavy (non-hydrogen) atoms. The fraction of sp³-hybridized carbons (Fsp3) is 0.353. The topological polar surface area (TPSA) is 69.7 Å². The van der Waals surface area contributed by atoms with Crippen LogP contribution in [-0.2, 0) is 4.79 Å². The number of thiophene rings is 2. The summed E-state index contributed by atoms with van der Waals surface area (Å²) in [6.45, 7) is 3.92. The molecular weight excluding hydrogens is 358 g/mol. The van der Waals surface area contributed by atoms with Gasteiger partial charge in [-0.3, -0.25) is 14.4 Å². The molecule has 0 atom stereocenters. The predicted molar refractivity (Wildman–Crippen MR) is 98.2 cm³/mol. The molecule has 0 unspecified atom stereocenters. The third-order valence-electron chi connectivity index (χ3n) is 4.02. The lowest BCUT2D eigenvalue weighted by Gasteiger charge is -2.34. The molecule has 1 fully saturated rings. The van der Waals surface area contributed by atoms with Crippen molar-refractivity contribution < 1.29 is 14.4 Å². The van der Waals surface area contributed by atoms with Gasteiger partial charge >= 0.3 is 0 Å². The van der Waals surface area contributed by atoms with Crippen molar-refractivity contribution in [2.24, 2.45) is 0 Å². The highest BCUT2D eigenvalue weighted by atomic mass is 32.1. The average Bonchev–Trinajstić information content (AvgIpc) is 3.30. The molecule has 0 bridgehead atoms. The third-order valence-corrected chi connectivity index (χ3v) is 5.87. The van der Waals surface area contributed by atoms with E-state index < -0.39 is 0 Å². The first-order chi connectivity index (χ1) is 12.0. The molecule has 1 aliphatic heterocycles. The summed E-state index contributed by atoms with van der Waals surface area (Å²) < 4.78 is 0. The van der Waals surface area contributed by atoms with Crippen LogP contribution >= 0.6 is 22.7 Å². The summed E-state index contributed by atoms with van der Waals surface area (Å²) in [6, 6.07) is 7.31. The molecule has 0 saturated carbocycles. The van der Waals surface area contributed by atoms with Crippen LogP contribution in [0.3, 0.4) is 0 Å². The largest absolute Gasteiger partial charge is 0.342 e. The first-order valence-electron chi connectivity index (χ1n) is 8.00. The van der Waals surface area contributed by atoms with E-state index in [4.69, 9.17) is 0 Å². The standard InChI is InChI=1S/C17H19N3O3S2/c1-12-4-5-13(25-12)16(22)18-11-15(21)19-6-8-20(9-7-19)17(23)14-3-2-10-24-14/h2-5,10H,6-9,11H2,1H3,(H,18,22). The van der Waals surface area contributed by atoms with E-state index in [0.717, 1.165) is 9.75 Å². The van der Waals surface area contributed by atoms with E-state index in [-0.39, 0.29) is 24.3 Å². The Labute approximate surface area is 154 Å². The van der Waals surface area contributed by atoms with Gasteiger partial charge in [0, 0.05) is 31.1 Å². The maximum atomic E-state index is 12.3. The van der Waals surface area contributed by atoms with Crippen molar-refractivity contribution in [3.63, 3.8) is 0 Å². The molecule has 8 heteroatoms. The molecular formula is C17H19N3O3S2. The molecule has 0 radical (unpaired) electrons. The van der Waals surface area contributed by atoms with Gasteiger partial charge in [-0.05, 0) is 30.5 Å². The molecule has 0 aliphatic carbocycles. The summed E-state index contributed by atoms with van der Waals surface area (Å²) >= 11 is 2.83. The number of amides is 3. The number of carbonyl (C=O) groups is 3. The average molecular weight is 377 g/mol. The summed E-state index contributed by atoms with van der Waals surface area (Å²) in [5.74, 6) is -0.328. The Morgan fingerprint density at radius 2 is 1.76 bits per heavy atom. The van der Waals surface area contributed by atoms with Crippen LogP contribution in [0.4, 0.5) is 0 Å². The second kappa shape index (κ2) is 7.79. The van der Waals surface area contributed by atoms with Crippen LogP contribution in [0.1, 0.15) is 24.2 Å². The van der Waals surface area contributed by atoms with Gasteiger partial charge in [0.1, 0.15) is 0 Å². The smallest absolute Gasteiger partial charge is 0.264 e. The molecule has 2 aromatic heterocycles. The molecule has 3 rings (SSSR count). The molecule has 3 heterocycles. The first-order valence-corrected chi connectivity index (χ1v) is 9.69. The fourth-order valence-electron chi connectivity index (χ4n) is 2.63. The van der Waals surface area contributed by atoms with Gasteiger partial charge < -0.3 is 15.1 Å². The van der Waals surface area contributed by atoms with Crippen LogP contribution in [-0.4, -0.2) is 60.2 Å². The number of rotatable bonds is 4. The first kappa shape index (κ1) is 17.6. The Morgan fingerprint density at radius 3 is 2.36 bits per heavy atom. The van der Waals surface area contributed by atoms with Crippen molar-refractivity contribution in [3.05, 3.63) is 44.3 Å². The monoisotopic (exact) mass is 377 g/mol. The van der Waals surface area contributed by atoms with Crippen LogP contribution in [0.2, 0.25) is 0 Å². The lowest BCUT2D eigenvalue weighted by atomic mass is 10.3. The third kappa shape index (κ3) is 4.26. The van der Waals surface area contributed by atoms with Crippen LogP contribution in [0.25, 0.3) is 0 Å². The van der Waals surface area contributed by atoms with Crippen molar-refractivity contribution in [1.29, 1.82) is 0 Å². The molecule has 1 saturated heterocycles. The highest BCUT2D eigenvalue weighted by Gasteiger charge is 2.25. The number of hydrogen-bond donors (Lipinski definition) is 1. The van der Waals surface area contributed by atoms with E-state index in [0.29, 0.717) is 31.1 Å². The van der Waals surface area contributed by atoms with Crippen molar-refractivity contribution in [2.75, 3.05) is 32.7 Å². The zero-order valence-electron chi connectivity index (χ0n) is 13.9. The molecule has 3 amide bonds. The highest BCUT2D eigenvalue weighted by Crippen LogP contribution is 2.15. The number of hydrogen-bond acceptors (Lipinski definition) is 5. The summed E-state index contributed by atoms with van der Waals surface area (Å²) in [5, 5.41) is 4.55. The van der Waals surface area contributed by atoms with Gasteiger partial charge in [0.15, 0.2) is 0 Å². The zero-order valence-corrected chi connectivity index (χ0v) is 15.5. The van der Waals surface area contributed by atoms with E-state index in [1.54, 1.807) is 15.9 Å². The normalized spacial score (nSPS) is 14.4. The predicted octanol–water partition coefficient (Wildman–Crippen LogP) is 1.83. The van der Waals surface area contributed by atoms with Crippen molar-refractivity contribution in [1.82, 2.24) is 15.1 Å². The van der Waals surface area contributed by atoms with Gasteiger partial charge in [0.25, 0.3) is 11.8 Å². The summed E-state index contributed by atoms with van der Waals surface area (Å²) in [5.41, 5.74) is 0. The Balaban J connectivity index is 1.45. The summed E-state index contributed by atoms with van der Waals surface area (Å²) in [4.78, 5) is 42.4. The number of nitrogens with one attached hydrogen (secondary N) is 1. The van der Waals surface area contributed by atoms with E-state index in [2.05, 4.69) is 5.32 Å². The van der Waals surface area contributed by atoms with Crippen LogP contribution < -0.4 is 5.32 Å². The minimum absolute atomic E-state index is 0.0171. The molecule has 1 aliphatic rings. The highest BCUT2D eigenvalue weighted by molar-refractivity contribution is 7.14. The number of nitrogens with zero attached hydrogens (tertiary/aromatic N) is 2. The van der Waals surface area contributed by atoms with Gasteiger partial charge in [-0.25, -0.2) is 0 Å². The van der Waals surface area contributed by atoms with E-state index in [1.807, 2.05) is 30.5 Å². The molecule has 2 aromatic rings. The van der Waals surface area contributed by atoms with Crippen molar-refractivity contribution >= 4 is 40.4 Å². The maximum absolute atomic E-state index is 12.3. The number of aryl methyl sites for hydroxylation is 1. The van der Waals surface area contributed by atoms with Crippen molar-refractivity contribution in [3.8, 4) is 0 Å². The Hall–Kier alpha value is -2.19. The Kier molecular flexibility index (Phi) is 5.50. The number of piperazine rings is 1. The molecule has 132 valence electrons. The van der Waals surface area contributed by atoms with Gasteiger partial charge in [-0.1, -0.05) is 6.07 Å². The second-order valence-corrected chi connectivity index (χ2v) is 7.98. The summed E-state index contributed by atoms with van der Waals surface area (Å²) in [6.07, 6.45) is 0. The summed E-state index contributed by atoms with van der Waals surface area (Å²) in [7, 11) is 0. The molecule has 6 nitrogen and oxygen atoms in total. The number of carbonyl (C=O) groups excluding carboxylic acids is 3. The zero-order chi connectivity index (χ0) is 17.8. The van der Waals surface area contributed by atoms with Crippen LogP contribution in [0.15, 0.2) is 29.6 Å². The van der Waals surface area contributed by atoms with Gasteiger partial charge in [0.2, 0.25) is 5.91 Å². The Morgan fingerprint density at radius 1 is 1.04 bits per heavy atom. The van der Waals surface area contributed by atoms with E-state index >= 15 is 0 Å². The van der Waals surface area contributed by atoms with E-state index in [1.165, 1.54) is 22.7 Å². The van der Waals surface area contributed by atoms with Crippen LogP contribution in [0.5, 0.6) is 0 Å². The quantitative estimate of drug-likeness (QED) is 0.884. The van der Waals surface area contributed by atoms with Gasteiger partial charge in [-0.2, -0.15) is 0 Å². The molecule has 0 spiro atoms. The van der Waals surface area contributed by atoms with E-state index in [9.17, 15) is 14.4 Å². The minimum Gasteiger partial charge on any atom is -0.342 e. The van der Waals surface area contributed by atoms with Gasteiger partial charge in [0.05, 0.1) is 16.3 Å². The molecule has 1 N–H and O–H groups in total. The maximum Gasteiger partial charge on any atom is 0.264 e.